The molecule has 0 N–H and O–H groups in total. The lowest BCUT2D eigenvalue weighted by Gasteiger charge is -2.21. The van der Waals surface area contributed by atoms with Crippen molar-refractivity contribution in [2.24, 2.45) is 0 Å². The quantitative estimate of drug-likeness (QED) is 0.153. The summed E-state index contributed by atoms with van der Waals surface area (Å²) in [6.45, 7) is 2.09. The number of halogens is 3. The van der Waals surface area contributed by atoms with Gasteiger partial charge in [-0.2, -0.15) is 13.2 Å². The van der Waals surface area contributed by atoms with Crippen LogP contribution < -0.4 is 0 Å². The molecule has 11 rings (SSSR count). The van der Waals surface area contributed by atoms with E-state index in [-0.39, 0.29) is 22.8 Å². The van der Waals surface area contributed by atoms with E-state index in [0.29, 0.717) is 28.5 Å². The van der Waals surface area contributed by atoms with Gasteiger partial charge in [-0.3, -0.25) is 0 Å². The molecule has 0 aliphatic rings. The first-order valence-corrected chi connectivity index (χ1v) is 21.6. The number of hydrogen-bond donors (Lipinski definition) is 0. The number of hydrogen-bond acceptors (Lipinski definition) is 4. The Hall–Kier alpha value is -8.49. The van der Waals surface area contributed by atoms with Gasteiger partial charge >= 0.3 is 6.18 Å². The van der Waals surface area contributed by atoms with Gasteiger partial charge in [0, 0.05) is 44.2 Å². The van der Waals surface area contributed by atoms with Crippen LogP contribution in [0.5, 0.6) is 0 Å². The van der Waals surface area contributed by atoms with Crippen molar-refractivity contribution in [2.45, 2.75) is 13.1 Å². The summed E-state index contributed by atoms with van der Waals surface area (Å²) < 4.78 is 49.1. The van der Waals surface area contributed by atoms with Crippen LogP contribution in [0.1, 0.15) is 11.1 Å². The van der Waals surface area contributed by atoms with Gasteiger partial charge in [0.05, 0.1) is 45.1 Å². The molecule has 8 heteroatoms. The Balaban J connectivity index is 1.30. The first kappa shape index (κ1) is 40.3. The fourth-order valence-corrected chi connectivity index (χ4v) is 8.82. The minimum Gasteiger partial charge on any atom is -0.308 e. The third-order valence-corrected chi connectivity index (χ3v) is 12.0. The first-order valence-electron chi connectivity index (χ1n) is 21.6. The van der Waals surface area contributed by atoms with Crippen LogP contribution in [0.3, 0.4) is 0 Å². The van der Waals surface area contributed by atoms with Crippen molar-refractivity contribution in [2.75, 3.05) is 0 Å². The molecule has 0 spiro atoms. The molecule has 0 radical (unpaired) electrons. The highest BCUT2D eigenvalue weighted by molar-refractivity contribution is 6.11. The van der Waals surface area contributed by atoms with Crippen molar-refractivity contribution in [3.63, 3.8) is 0 Å². The maximum absolute atomic E-state index is 15.7. The minimum absolute atomic E-state index is 0.113. The molecular weight excluding hydrogens is 824 g/mol. The van der Waals surface area contributed by atoms with E-state index in [1.807, 2.05) is 168 Å². The van der Waals surface area contributed by atoms with Crippen LogP contribution in [0.4, 0.5) is 13.2 Å². The smallest absolute Gasteiger partial charge is 0.308 e. The van der Waals surface area contributed by atoms with Gasteiger partial charge in [0.2, 0.25) is 0 Å². The zero-order valence-electron chi connectivity index (χ0n) is 35.6. The molecule has 316 valence electrons. The number of aryl methyl sites for hydroxylation is 1. The fraction of sp³-hybridized carbons (Fsp3) is 0.0345. The maximum Gasteiger partial charge on any atom is 0.416 e. The molecule has 0 saturated heterocycles. The van der Waals surface area contributed by atoms with E-state index in [4.69, 9.17) is 19.9 Å². The predicted octanol–water partition coefficient (Wildman–Crippen LogP) is 15.4. The molecule has 0 unspecified atom stereocenters. The van der Waals surface area contributed by atoms with Crippen molar-refractivity contribution >= 4 is 21.8 Å². The van der Waals surface area contributed by atoms with E-state index in [1.54, 1.807) is 0 Å². The van der Waals surface area contributed by atoms with Crippen molar-refractivity contribution in [3.05, 3.63) is 223 Å². The maximum atomic E-state index is 15.7. The summed E-state index contributed by atoms with van der Waals surface area (Å²) in [5.41, 5.74) is 10.0. The van der Waals surface area contributed by atoms with Gasteiger partial charge in [-0.25, -0.2) is 19.9 Å². The molecular formula is C58H38F3N5. The van der Waals surface area contributed by atoms with Gasteiger partial charge in [0.1, 0.15) is 0 Å². The van der Waals surface area contributed by atoms with Gasteiger partial charge in [-0.15, -0.1) is 0 Å². The molecule has 0 bridgehead atoms. The summed E-state index contributed by atoms with van der Waals surface area (Å²) in [4.78, 5) is 20.6. The van der Waals surface area contributed by atoms with Crippen LogP contribution in [0, 0.1) is 6.92 Å². The van der Waals surface area contributed by atoms with Crippen molar-refractivity contribution in [3.8, 4) is 84.6 Å². The molecule has 8 aromatic carbocycles. The zero-order chi connectivity index (χ0) is 44.8. The number of aromatic nitrogens is 5. The standard InChI is InChI=1S/C58H38F3N5/c1-37-18-14-15-27-44(37)42-30-31-54-46(32-42)45-28-16-17-29-53(45)66(54)55-47(56-62-49(38-19-6-2-7-20-38)35-50(63-56)39-21-8-3-9-22-39)33-43(58(59,60)61)34-48(55)57-64-51(40-23-10-4-11-24-40)36-52(65-57)41-25-12-5-13-26-41/h2-36H,1H3. The molecule has 0 saturated carbocycles. The van der Waals surface area contributed by atoms with E-state index in [1.165, 1.54) is 12.1 Å². The highest BCUT2D eigenvalue weighted by atomic mass is 19.4. The van der Waals surface area contributed by atoms with Crippen LogP contribution in [0.2, 0.25) is 0 Å². The Kier molecular flexibility index (Phi) is 10.1. The average Bonchev–Trinajstić information content (AvgIpc) is 3.70. The number of fused-ring (bicyclic) bond motifs is 3. The molecule has 0 aliphatic heterocycles. The number of rotatable bonds is 8. The Bertz CT molecular complexity index is 3310. The Labute approximate surface area is 379 Å². The van der Waals surface area contributed by atoms with E-state index in [2.05, 4.69) is 43.3 Å². The lowest BCUT2D eigenvalue weighted by atomic mass is 9.98. The highest BCUT2D eigenvalue weighted by Crippen LogP contribution is 2.45. The average molecular weight is 862 g/mol. The number of nitrogens with zero attached hydrogens (tertiary/aromatic N) is 5. The Morgan fingerprint density at radius 3 is 1.23 bits per heavy atom. The van der Waals surface area contributed by atoms with Crippen molar-refractivity contribution < 1.29 is 13.2 Å². The normalized spacial score (nSPS) is 11.6. The lowest BCUT2D eigenvalue weighted by molar-refractivity contribution is -0.137. The highest BCUT2D eigenvalue weighted by Gasteiger charge is 2.35. The van der Waals surface area contributed by atoms with E-state index >= 15 is 13.2 Å². The van der Waals surface area contributed by atoms with Gasteiger partial charge in [0.25, 0.3) is 0 Å². The molecule has 0 fully saturated rings. The molecule has 66 heavy (non-hydrogen) atoms. The van der Waals surface area contributed by atoms with Gasteiger partial charge < -0.3 is 4.57 Å². The number of para-hydroxylation sites is 1. The topological polar surface area (TPSA) is 56.5 Å². The third kappa shape index (κ3) is 7.48. The molecule has 5 nitrogen and oxygen atoms in total. The third-order valence-electron chi connectivity index (χ3n) is 12.0. The number of benzene rings is 8. The summed E-state index contributed by atoms with van der Waals surface area (Å²) in [5, 5.41) is 1.85. The molecule has 3 heterocycles. The second-order valence-corrected chi connectivity index (χ2v) is 16.2. The number of alkyl halides is 3. The molecule has 3 aromatic heterocycles. The summed E-state index contributed by atoms with van der Waals surface area (Å²) in [6, 6.07) is 67.1. The molecule has 0 amide bonds. The Morgan fingerprint density at radius 2 is 0.773 bits per heavy atom. The first-order chi connectivity index (χ1) is 32.3. The van der Waals surface area contributed by atoms with Crippen LogP contribution in [-0.2, 0) is 6.18 Å². The van der Waals surface area contributed by atoms with E-state index in [9.17, 15) is 0 Å². The van der Waals surface area contributed by atoms with Gasteiger partial charge in [-0.05, 0) is 66.1 Å². The van der Waals surface area contributed by atoms with Gasteiger partial charge in [0.15, 0.2) is 11.6 Å². The van der Waals surface area contributed by atoms with Crippen molar-refractivity contribution in [1.82, 2.24) is 24.5 Å². The second kappa shape index (κ2) is 16.6. The molecule has 0 aliphatic carbocycles. The summed E-state index contributed by atoms with van der Waals surface area (Å²) in [6.07, 6.45) is -4.77. The van der Waals surface area contributed by atoms with Crippen LogP contribution in [0.25, 0.3) is 106 Å². The fourth-order valence-electron chi connectivity index (χ4n) is 8.82. The molecule has 0 atom stereocenters. The van der Waals surface area contributed by atoms with Crippen LogP contribution in [-0.4, -0.2) is 24.5 Å². The SMILES string of the molecule is Cc1ccccc1-c1ccc2c(c1)c1ccccc1n2-c1c(-c2nc(-c3ccccc3)cc(-c3ccccc3)n2)cc(C(F)(F)F)cc1-c1nc(-c2ccccc2)cc(-c2ccccc2)n1. The summed E-state index contributed by atoms with van der Waals surface area (Å²) in [5.74, 6) is 0.227. The van der Waals surface area contributed by atoms with Crippen molar-refractivity contribution in [1.29, 1.82) is 0 Å². The zero-order valence-corrected chi connectivity index (χ0v) is 35.6. The predicted molar refractivity (Wildman–Crippen MR) is 260 cm³/mol. The Morgan fingerprint density at radius 1 is 0.364 bits per heavy atom. The molecule has 11 aromatic rings. The summed E-state index contributed by atoms with van der Waals surface area (Å²) in [7, 11) is 0. The summed E-state index contributed by atoms with van der Waals surface area (Å²) >= 11 is 0. The lowest BCUT2D eigenvalue weighted by Crippen LogP contribution is -2.11. The van der Waals surface area contributed by atoms with Crippen LogP contribution in [0.15, 0.2) is 212 Å². The largest absolute Gasteiger partial charge is 0.416 e. The monoisotopic (exact) mass is 861 g/mol. The van der Waals surface area contributed by atoms with Crippen LogP contribution >= 0.6 is 0 Å². The van der Waals surface area contributed by atoms with E-state index < -0.39 is 11.7 Å². The van der Waals surface area contributed by atoms with Gasteiger partial charge in [-0.1, -0.05) is 170 Å². The minimum atomic E-state index is -4.77. The second-order valence-electron chi connectivity index (χ2n) is 16.2. The van der Waals surface area contributed by atoms with E-state index in [0.717, 1.165) is 60.8 Å².